The van der Waals surface area contributed by atoms with Crippen molar-refractivity contribution < 1.29 is 4.42 Å². The van der Waals surface area contributed by atoms with Crippen LogP contribution >= 0.6 is 0 Å². The minimum absolute atomic E-state index is 0.866. The summed E-state index contributed by atoms with van der Waals surface area (Å²) in [6.45, 7) is 0. The molecule has 0 aliphatic carbocycles. The van der Waals surface area contributed by atoms with Gasteiger partial charge in [-0.15, -0.1) is 0 Å². The molecule has 3 heteroatoms. The van der Waals surface area contributed by atoms with Crippen LogP contribution in [-0.4, -0.2) is 4.57 Å². The van der Waals surface area contributed by atoms with Gasteiger partial charge in [-0.1, -0.05) is 182 Å². The van der Waals surface area contributed by atoms with Crippen LogP contribution in [0, 0.1) is 0 Å². The third-order valence-electron chi connectivity index (χ3n) is 13.2. The Morgan fingerprint density at radius 3 is 1.43 bits per heavy atom. The standard InChI is InChI=1S/C62H40N2O/c1-3-15-51-45(12-1)14-11-20-52(51)46-32-38-49(39-33-46)63(59-40-47-13-2-4-16-53(47)61-56-19-7-10-23-60(56)65-62(59)61)48-34-28-43(29-35-48)41-24-26-42(27-25-41)44-30-36-50(37-31-44)64-57-21-8-5-17-54(57)55-18-6-9-22-58(55)64/h1-40H. The van der Waals surface area contributed by atoms with Crippen LogP contribution in [0.2, 0.25) is 0 Å². The van der Waals surface area contributed by atoms with E-state index in [4.69, 9.17) is 4.42 Å². The first kappa shape index (κ1) is 36.9. The third kappa shape index (κ3) is 6.12. The van der Waals surface area contributed by atoms with E-state index in [0.29, 0.717) is 0 Å². The average Bonchev–Trinajstić information content (AvgIpc) is 3.94. The van der Waals surface area contributed by atoms with Crippen LogP contribution < -0.4 is 4.90 Å². The number of anilines is 3. The first-order chi connectivity index (χ1) is 32.2. The van der Waals surface area contributed by atoms with Gasteiger partial charge in [-0.2, -0.15) is 0 Å². The molecule has 0 unspecified atom stereocenters. The zero-order valence-electron chi connectivity index (χ0n) is 35.4. The van der Waals surface area contributed by atoms with Crippen LogP contribution in [0.4, 0.5) is 17.1 Å². The molecule has 11 aromatic carbocycles. The Morgan fingerprint density at radius 2 is 0.800 bits per heavy atom. The van der Waals surface area contributed by atoms with E-state index in [2.05, 4.69) is 246 Å². The Labute approximate surface area is 376 Å². The molecule has 0 radical (unpaired) electrons. The average molecular weight is 829 g/mol. The van der Waals surface area contributed by atoms with Crippen LogP contribution in [0.25, 0.3) is 104 Å². The number of fused-ring (bicyclic) bond motifs is 9. The van der Waals surface area contributed by atoms with Gasteiger partial charge < -0.3 is 13.9 Å². The van der Waals surface area contributed by atoms with Gasteiger partial charge in [0, 0.05) is 38.6 Å². The smallest absolute Gasteiger partial charge is 0.160 e. The van der Waals surface area contributed by atoms with Gasteiger partial charge in [-0.25, -0.2) is 0 Å². The van der Waals surface area contributed by atoms with Gasteiger partial charge in [0.05, 0.1) is 16.7 Å². The molecule has 3 nitrogen and oxygen atoms in total. The predicted molar refractivity (Wildman–Crippen MR) is 274 cm³/mol. The summed E-state index contributed by atoms with van der Waals surface area (Å²) in [5, 5.41) is 9.61. The topological polar surface area (TPSA) is 21.3 Å². The predicted octanol–water partition coefficient (Wildman–Crippen LogP) is 17.5. The summed E-state index contributed by atoms with van der Waals surface area (Å²) in [6.07, 6.45) is 0. The molecule has 2 heterocycles. The fourth-order valence-electron chi connectivity index (χ4n) is 10.1. The number of benzene rings is 11. The highest BCUT2D eigenvalue weighted by molar-refractivity contribution is 6.23. The van der Waals surface area contributed by atoms with E-state index in [-0.39, 0.29) is 0 Å². The van der Waals surface area contributed by atoms with E-state index in [1.54, 1.807) is 0 Å². The summed E-state index contributed by atoms with van der Waals surface area (Å²) >= 11 is 0. The van der Waals surface area contributed by atoms with Crippen molar-refractivity contribution in [1.82, 2.24) is 4.57 Å². The van der Waals surface area contributed by atoms with Gasteiger partial charge in [0.25, 0.3) is 0 Å². The Bertz CT molecular complexity index is 3860. The highest BCUT2D eigenvalue weighted by Crippen LogP contribution is 2.46. The lowest BCUT2D eigenvalue weighted by atomic mass is 9.97. The number of aromatic nitrogens is 1. The maximum atomic E-state index is 6.81. The molecule has 0 fully saturated rings. The van der Waals surface area contributed by atoms with Crippen molar-refractivity contribution in [1.29, 1.82) is 0 Å². The van der Waals surface area contributed by atoms with Crippen molar-refractivity contribution in [3.05, 3.63) is 243 Å². The minimum atomic E-state index is 0.866. The molecule has 304 valence electrons. The Hall–Kier alpha value is -8.66. The summed E-state index contributed by atoms with van der Waals surface area (Å²) < 4.78 is 9.18. The zero-order valence-corrected chi connectivity index (χ0v) is 35.4. The van der Waals surface area contributed by atoms with Crippen molar-refractivity contribution in [2.45, 2.75) is 0 Å². The van der Waals surface area contributed by atoms with Gasteiger partial charge in [0.15, 0.2) is 5.58 Å². The molecular formula is C62H40N2O. The fourth-order valence-corrected chi connectivity index (χ4v) is 10.1. The number of rotatable bonds is 7. The normalized spacial score (nSPS) is 11.7. The molecule has 65 heavy (non-hydrogen) atoms. The molecule has 0 aliphatic heterocycles. The minimum Gasteiger partial charge on any atom is -0.454 e. The second kappa shape index (κ2) is 15.0. The molecular weight excluding hydrogens is 789 g/mol. The lowest BCUT2D eigenvalue weighted by Gasteiger charge is -2.26. The van der Waals surface area contributed by atoms with Gasteiger partial charge in [0.2, 0.25) is 0 Å². The molecule has 2 aromatic heterocycles. The molecule has 13 aromatic rings. The third-order valence-corrected chi connectivity index (χ3v) is 13.2. The lowest BCUT2D eigenvalue weighted by Crippen LogP contribution is -2.10. The maximum absolute atomic E-state index is 6.81. The van der Waals surface area contributed by atoms with E-state index in [1.165, 1.54) is 65.8 Å². The number of para-hydroxylation sites is 3. The highest BCUT2D eigenvalue weighted by Gasteiger charge is 2.22. The molecule has 0 N–H and O–H groups in total. The van der Waals surface area contributed by atoms with Crippen molar-refractivity contribution in [2.75, 3.05) is 4.90 Å². The van der Waals surface area contributed by atoms with Crippen LogP contribution in [0.3, 0.4) is 0 Å². The van der Waals surface area contributed by atoms with Crippen LogP contribution in [0.15, 0.2) is 247 Å². The van der Waals surface area contributed by atoms with E-state index >= 15 is 0 Å². The van der Waals surface area contributed by atoms with Crippen LogP contribution in [-0.2, 0) is 0 Å². The second-order valence-electron chi connectivity index (χ2n) is 16.9. The van der Waals surface area contributed by atoms with E-state index in [0.717, 1.165) is 55.6 Å². The van der Waals surface area contributed by atoms with Gasteiger partial charge in [0.1, 0.15) is 5.58 Å². The number of hydrogen-bond donors (Lipinski definition) is 0. The SMILES string of the molecule is c1ccc2c(-c3ccc(N(c4ccc(-c5ccc(-c6ccc(-n7c8ccccc8c8ccccc87)cc6)cc5)cc4)c4cc5ccccc5c5c4oc4ccccc45)cc3)cccc2c1. The molecule has 0 saturated carbocycles. The fraction of sp³-hybridized carbons (Fsp3) is 0. The molecule has 0 aliphatic rings. The summed E-state index contributed by atoms with van der Waals surface area (Å²) in [4.78, 5) is 2.35. The van der Waals surface area contributed by atoms with Gasteiger partial charge >= 0.3 is 0 Å². The van der Waals surface area contributed by atoms with Gasteiger partial charge in [-0.05, 0) is 116 Å². The Kier molecular flexibility index (Phi) is 8.53. The molecule has 0 saturated heterocycles. The van der Waals surface area contributed by atoms with Crippen molar-refractivity contribution in [3.8, 4) is 39.1 Å². The monoisotopic (exact) mass is 828 g/mol. The first-order valence-corrected chi connectivity index (χ1v) is 22.2. The van der Waals surface area contributed by atoms with E-state index in [9.17, 15) is 0 Å². The van der Waals surface area contributed by atoms with Gasteiger partial charge in [-0.3, -0.25) is 0 Å². The zero-order chi connectivity index (χ0) is 42.8. The van der Waals surface area contributed by atoms with Crippen LogP contribution in [0.1, 0.15) is 0 Å². The Balaban J connectivity index is 0.868. The summed E-state index contributed by atoms with van der Waals surface area (Å²) in [5.74, 6) is 0. The highest BCUT2D eigenvalue weighted by atomic mass is 16.3. The molecule has 13 rings (SSSR count). The van der Waals surface area contributed by atoms with Crippen molar-refractivity contribution in [2.24, 2.45) is 0 Å². The molecule has 0 amide bonds. The maximum Gasteiger partial charge on any atom is 0.160 e. The summed E-state index contributed by atoms with van der Waals surface area (Å²) in [5.41, 5.74) is 15.5. The quantitative estimate of drug-likeness (QED) is 0.160. The summed E-state index contributed by atoms with van der Waals surface area (Å²) in [7, 11) is 0. The molecule has 0 bridgehead atoms. The summed E-state index contributed by atoms with van der Waals surface area (Å²) in [6, 6.07) is 87.5. The second-order valence-corrected chi connectivity index (χ2v) is 16.9. The number of nitrogens with zero attached hydrogens (tertiary/aromatic N) is 2. The van der Waals surface area contributed by atoms with E-state index in [1.807, 2.05) is 6.07 Å². The van der Waals surface area contributed by atoms with Crippen molar-refractivity contribution >= 4 is 82.4 Å². The number of furan rings is 1. The molecule has 0 atom stereocenters. The molecule has 0 spiro atoms. The van der Waals surface area contributed by atoms with Crippen molar-refractivity contribution in [3.63, 3.8) is 0 Å². The Morgan fingerprint density at radius 1 is 0.338 bits per heavy atom. The van der Waals surface area contributed by atoms with Crippen LogP contribution in [0.5, 0.6) is 0 Å². The number of hydrogen-bond acceptors (Lipinski definition) is 2. The largest absolute Gasteiger partial charge is 0.454 e. The first-order valence-electron chi connectivity index (χ1n) is 22.2. The van der Waals surface area contributed by atoms with E-state index < -0.39 is 0 Å². The lowest BCUT2D eigenvalue weighted by molar-refractivity contribution is 0.669.